The number of anilines is 1. The summed E-state index contributed by atoms with van der Waals surface area (Å²) in [5.41, 5.74) is 1.05. The van der Waals surface area contributed by atoms with Gasteiger partial charge in [-0.2, -0.15) is 0 Å². The number of rotatable bonds is 6. The third-order valence-electron chi connectivity index (χ3n) is 5.09. The van der Waals surface area contributed by atoms with Crippen LogP contribution in [-0.4, -0.2) is 46.5 Å². The van der Waals surface area contributed by atoms with Crippen molar-refractivity contribution in [2.45, 2.75) is 31.1 Å². The van der Waals surface area contributed by atoms with Crippen LogP contribution in [0.15, 0.2) is 35.2 Å². The summed E-state index contributed by atoms with van der Waals surface area (Å²) in [6.45, 7) is 3.06. The van der Waals surface area contributed by atoms with Gasteiger partial charge in [0.2, 0.25) is 0 Å². The van der Waals surface area contributed by atoms with Crippen LogP contribution in [0.1, 0.15) is 35.2 Å². The predicted molar refractivity (Wildman–Crippen MR) is 116 cm³/mol. The van der Waals surface area contributed by atoms with E-state index in [0.29, 0.717) is 30.0 Å². The first kappa shape index (κ1) is 22.2. The molecule has 9 heteroatoms. The smallest absolute Gasteiger partial charge is 0.262 e. The lowest BCUT2D eigenvalue weighted by Gasteiger charge is -2.27. The maximum atomic E-state index is 13.1. The van der Waals surface area contributed by atoms with Crippen LogP contribution in [0.4, 0.5) is 5.69 Å². The first-order chi connectivity index (χ1) is 14.3. The number of halogens is 1. The van der Waals surface area contributed by atoms with Crippen LogP contribution in [0.5, 0.6) is 11.5 Å². The Hall–Kier alpha value is -2.45. The van der Waals surface area contributed by atoms with E-state index >= 15 is 0 Å². The van der Waals surface area contributed by atoms with Crippen LogP contribution in [0.3, 0.4) is 0 Å². The zero-order chi connectivity index (χ0) is 21.9. The van der Waals surface area contributed by atoms with Gasteiger partial charge in [0.15, 0.2) is 0 Å². The van der Waals surface area contributed by atoms with Crippen LogP contribution >= 0.6 is 11.6 Å². The summed E-state index contributed by atoms with van der Waals surface area (Å²) < 4.78 is 39.2. The van der Waals surface area contributed by atoms with Gasteiger partial charge in [0, 0.05) is 24.7 Å². The molecular weight excluding hydrogens is 428 g/mol. The molecule has 3 rings (SSSR count). The van der Waals surface area contributed by atoms with Crippen molar-refractivity contribution in [3.63, 3.8) is 0 Å². The Bertz CT molecular complexity index is 1050. The average Bonchev–Trinajstić information content (AvgIpc) is 2.74. The molecule has 7 nitrogen and oxygen atoms in total. The van der Waals surface area contributed by atoms with E-state index in [9.17, 15) is 13.2 Å². The molecule has 0 atom stereocenters. The van der Waals surface area contributed by atoms with E-state index in [1.165, 1.54) is 32.4 Å². The highest BCUT2D eigenvalue weighted by Crippen LogP contribution is 2.37. The number of nitrogens with one attached hydrogen (secondary N) is 1. The number of likely N-dealkylation sites (tertiary alicyclic amines) is 1. The minimum Gasteiger partial charge on any atom is -0.495 e. The summed E-state index contributed by atoms with van der Waals surface area (Å²) in [6, 6.07) is 7.66. The third-order valence-corrected chi connectivity index (χ3v) is 6.89. The second-order valence-corrected chi connectivity index (χ2v) is 9.18. The first-order valence-electron chi connectivity index (χ1n) is 9.61. The van der Waals surface area contributed by atoms with E-state index in [0.717, 1.165) is 19.3 Å². The molecule has 1 heterocycles. The van der Waals surface area contributed by atoms with Gasteiger partial charge in [0.1, 0.15) is 11.5 Å². The number of carbonyl (C=O) groups excluding carboxylic acids is 1. The molecule has 1 aliphatic rings. The predicted octanol–water partition coefficient (Wildman–Crippen LogP) is 4.09. The van der Waals surface area contributed by atoms with Gasteiger partial charge in [-0.15, -0.1) is 0 Å². The third kappa shape index (κ3) is 4.65. The van der Waals surface area contributed by atoms with Crippen LogP contribution < -0.4 is 14.2 Å². The Balaban J connectivity index is 1.94. The molecule has 1 N–H and O–H groups in total. The van der Waals surface area contributed by atoms with Crippen molar-refractivity contribution in [2.75, 3.05) is 32.0 Å². The molecule has 1 aliphatic heterocycles. The Morgan fingerprint density at radius 2 is 1.70 bits per heavy atom. The summed E-state index contributed by atoms with van der Waals surface area (Å²) in [5, 5.41) is 0.238. The summed E-state index contributed by atoms with van der Waals surface area (Å²) >= 11 is 6.15. The number of ether oxygens (including phenoxy) is 2. The number of hydrogen-bond donors (Lipinski definition) is 1. The molecule has 30 heavy (non-hydrogen) atoms. The Morgan fingerprint density at radius 3 is 2.33 bits per heavy atom. The monoisotopic (exact) mass is 452 g/mol. The molecule has 1 amide bonds. The SMILES string of the molecule is COc1cc(OC)c(NS(=O)(=O)c2cc(C(=O)N3CCCCC3)ccc2C)cc1Cl. The van der Waals surface area contributed by atoms with E-state index in [1.807, 2.05) is 0 Å². The molecule has 0 aromatic heterocycles. The summed E-state index contributed by atoms with van der Waals surface area (Å²) in [5.74, 6) is 0.469. The fourth-order valence-electron chi connectivity index (χ4n) is 3.44. The average molecular weight is 453 g/mol. The fourth-order valence-corrected chi connectivity index (χ4v) is 5.02. The second-order valence-electron chi connectivity index (χ2n) is 7.13. The highest BCUT2D eigenvalue weighted by atomic mass is 35.5. The topological polar surface area (TPSA) is 84.9 Å². The lowest BCUT2D eigenvalue weighted by Crippen LogP contribution is -2.35. The van der Waals surface area contributed by atoms with Gasteiger partial charge in [0.05, 0.1) is 29.8 Å². The number of amides is 1. The van der Waals surface area contributed by atoms with Crippen LogP contribution in [0.25, 0.3) is 0 Å². The molecule has 0 radical (unpaired) electrons. The van der Waals surface area contributed by atoms with Crippen LogP contribution in [0.2, 0.25) is 5.02 Å². The van der Waals surface area contributed by atoms with E-state index in [-0.39, 0.29) is 27.3 Å². The number of nitrogens with zero attached hydrogens (tertiary/aromatic N) is 1. The van der Waals surface area contributed by atoms with Gasteiger partial charge in [-0.1, -0.05) is 17.7 Å². The van der Waals surface area contributed by atoms with Gasteiger partial charge in [-0.05, 0) is 49.9 Å². The standard InChI is InChI=1S/C21H25ClN2O5S/c1-14-7-8-15(21(25)24-9-5-4-6-10-24)11-20(14)30(26,27)23-17-12-16(22)18(28-2)13-19(17)29-3/h7-8,11-13,23H,4-6,9-10H2,1-3H3. The van der Waals surface area contributed by atoms with Crippen molar-refractivity contribution in [3.05, 3.63) is 46.5 Å². The van der Waals surface area contributed by atoms with Crippen LogP contribution in [0, 0.1) is 6.92 Å². The molecule has 162 valence electrons. The fraction of sp³-hybridized carbons (Fsp3) is 0.381. The second kappa shape index (κ2) is 9.14. The number of piperidine rings is 1. The van der Waals surface area contributed by atoms with E-state index in [2.05, 4.69) is 4.72 Å². The quantitative estimate of drug-likeness (QED) is 0.713. The molecule has 1 saturated heterocycles. The normalized spacial score (nSPS) is 14.3. The lowest BCUT2D eigenvalue weighted by molar-refractivity contribution is 0.0724. The summed E-state index contributed by atoms with van der Waals surface area (Å²) in [7, 11) is -1.12. The highest BCUT2D eigenvalue weighted by molar-refractivity contribution is 7.92. The van der Waals surface area contributed by atoms with Crippen molar-refractivity contribution in [1.82, 2.24) is 4.90 Å². The van der Waals surface area contributed by atoms with Crippen molar-refractivity contribution >= 4 is 33.2 Å². The minimum absolute atomic E-state index is 0.0272. The molecule has 0 unspecified atom stereocenters. The molecule has 0 saturated carbocycles. The largest absolute Gasteiger partial charge is 0.495 e. The number of benzene rings is 2. The minimum atomic E-state index is -4.00. The molecule has 0 aliphatic carbocycles. The number of sulfonamides is 1. The maximum absolute atomic E-state index is 13.1. The lowest BCUT2D eigenvalue weighted by atomic mass is 10.1. The Labute approximate surface area is 182 Å². The van der Waals surface area contributed by atoms with Gasteiger partial charge in [0.25, 0.3) is 15.9 Å². The van der Waals surface area contributed by atoms with Gasteiger partial charge >= 0.3 is 0 Å². The zero-order valence-electron chi connectivity index (χ0n) is 17.2. The number of aryl methyl sites for hydroxylation is 1. The van der Waals surface area contributed by atoms with Crippen LogP contribution in [-0.2, 0) is 10.0 Å². The van der Waals surface area contributed by atoms with E-state index in [1.54, 1.807) is 24.0 Å². The van der Waals surface area contributed by atoms with E-state index < -0.39 is 10.0 Å². The Morgan fingerprint density at radius 1 is 1.03 bits per heavy atom. The summed E-state index contributed by atoms with van der Waals surface area (Å²) in [4.78, 5) is 14.6. The van der Waals surface area contributed by atoms with E-state index in [4.69, 9.17) is 21.1 Å². The molecule has 1 fully saturated rings. The highest BCUT2D eigenvalue weighted by Gasteiger charge is 2.24. The summed E-state index contributed by atoms with van der Waals surface area (Å²) in [6.07, 6.45) is 3.03. The van der Waals surface area contributed by atoms with Gasteiger partial charge < -0.3 is 14.4 Å². The molecule has 2 aromatic rings. The molecule has 0 spiro atoms. The van der Waals surface area contributed by atoms with Crippen molar-refractivity contribution < 1.29 is 22.7 Å². The number of hydrogen-bond acceptors (Lipinski definition) is 5. The van der Waals surface area contributed by atoms with Gasteiger partial charge in [-0.3, -0.25) is 9.52 Å². The Kier molecular flexibility index (Phi) is 6.77. The number of carbonyl (C=O) groups is 1. The first-order valence-corrected chi connectivity index (χ1v) is 11.5. The number of methoxy groups -OCH3 is 2. The maximum Gasteiger partial charge on any atom is 0.262 e. The molecule has 2 aromatic carbocycles. The van der Waals surface area contributed by atoms with Crippen molar-refractivity contribution in [1.29, 1.82) is 0 Å². The van der Waals surface area contributed by atoms with Crippen molar-refractivity contribution in [3.8, 4) is 11.5 Å². The molecular formula is C21H25ClN2O5S. The molecule has 0 bridgehead atoms. The van der Waals surface area contributed by atoms with Gasteiger partial charge in [-0.25, -0.2) is 8.42 Å². The zero-order valence-corrected chi connectivity index (χ0v) is 18.8. The van der Waals surface area contributed by atoms with Crippen molar-refractivity contribution in [2.24, 2.45) is 0 Å².